The molecule has 0 saturated carbocycles. The molecule has 0 aliphatic carbocycles. The van der Waals surface area contributed by atoms with Crippen LogP contribution in [0.2, 0.25) is 5.02 Å². The van der Waals surface area contributed by atoms with Gasteiger partial charge in [-0.1, -0.05) is 47.1 Å². The van der Waals surface area contributed by atoms with Crippen LogP contribution in [0.5, 0.6) is 5.75 Å². The Labute approximate surface area is 116 Å². The van der Waals surface area contributed by atoms with Gasteiger partial charge in [-0.25, -0.2) is 0 Å². The number of oxime groups is 1. The zero-order valence-corrected chi connectivity index (χ0v) is 11.2. The minimum Gasteiger partial charge on any atom is -0.507 e. The summed E-state index contributed by atoms with van der Waals surface area (Å²) < 4.78 is 0. The van der Waals surface area contributed by atoms with Gasteiger partial charge in [0.2, 0.25) is 0 Å². The highest BCUT2D eigenvalue weighted by Gasteiger charge is 2.13. The zero-order chi connectivity index (χ0) is 13.8. The smallest absolute Gasteiger partial charge is 0.127 e. The number of benzene rings is 2. The number of halogens is 1. The second-order valence-corrected chi connectivity index (χ2v) is 4.76. The van der Waals surface area contributed by atoms with E-state index in [-0.39, 0.29) is 5.75 Å². The largest absolute Gasteiger partial charge is 0.507 e. The van der Waals surface area contributed by atoms with E-state index in [1.54, 1.807) is 19.1 Å². The Kier molecular flexibility index (Phi) is 4.07. The number of hydrogen-bond acceptors (Lipinski definition) is 3. The van der Waals surface area contributed by atoms with Crippen molar-refractivity contribution in [1.29, 1.82) is 0 Å². The fraction of sp³-hybridized carbons (Fsp3) is 0.133. The predicted octanol–water partition coefficient (Wildman–Crippen LogP) is 3.78. The average Bonchev–Trinajstić information content (AvgIpc) is 2.41. The molecule has 0 saturated heterocycles. The number of phenols is 1. The molecule has 0 heterocycles. The number of aromatic hydroxyl groups is 1. The van der Waals surface area contributed by atoms with Crippen LogP contribution in [0.1, 0.15) is 16.7 Å². The molecule has 0 unspecified atom stereocenters. The molecule has 0 aliphatic heterocycles. The van der Waals surface area contributed by atoms with Crippen LogP contribution >= 0.6 is 11.6 Å². The molecule has 2 N–H and O–H groups in total. The van der Waals surface area contributed by atoms with Crippen LogP contribution in [0.25, 0.3) is 0 Å². The Morgan fingerprint density at radius 1 is 1.21 bits per heavy atom. The SMILES string of the molecule is Cc1cc(Cl)cc(/C(Cc2ccccc2)=N/O)c1O. The van der Waals surface area contributed by atoms with E-state index in [0.29, 0.717) is 28.3 Å². The minimum absolute atomic E-state index is 0.0909. The lowest BCUT2D eigenvalue weighted by Crippen LogP contribution is -2.06. The van der Waals surface area contributed by atoms with E-state index in [1.807, 2.05) is 30.3 Å². The standard InChI is InChI=1S/C15H14ClNO2/c1-10-7-12(16)9-13(15(10)18)14(17-19)8-11-5-3-2-4-6-11/h2-7,9,18-19H,8H2,1H3/b17-14+. The van der Waals surface area contributed by atoms with Crippen molar-refractivity contribution >= 4 is 17.3 Å². The first-order valence-corrected chi connectivity index (χ1v) is 6.24. The number of rotatable bonds is 3. The first-order chi connectivity index (χ1) is 9.11. The summed E-state index contributed by atoms with van der Waals surface area (Å²) in [7, 11) is 0. The second-order valence-electron chi connectivity index (χ2n) is 4.33. The summed E-state index contributed by atoms with van der Waals surface area (Å²) in [6.45, 7) is 1.75. The van der Waals surface area contributed by atoms with E-state index < -0.39 is 0 Å². The fourth-order valence-electron chi connectivity index (χ4n) is 1.93. The molecular formula is C15H14ClNO2. The molecule has 2 rings (SSSR count). The Hall–Kier alpha value is -2.00. The zero-order valence-electron chi connectivity index (χ0n) is 10.5. The van der Waals surface area contributed by atoms with E-state index in [1.165, 1.54) is 0 Å². The molecular weight excluding hydrogens is 262 g/mol. The third-order valence-corrected chi connectivity index (χ3v) is 3.13. The fourth-order valence-corrected chi connectivity index (χ4v) is 2.20. The van der Waals surface area contributed by atoms with Gasteiger partial charge in [-0.05, 0) is 30.2 Å². The van der Waals surface area contributed by atoms with Crippen LogP contribution in [0.4, 0.5) is 0 Å². The summed E-state index contributed by atoms with van der Waals surface area (Å²) in [5.41, 5.74) is 2.48. The summed E-state index contributed by atoms with van der Waals surface area (Å²) >= 11 is 5.98. The van der Waals surface area contributed by atoms with Crippen molar-refractivity contribution in [1.82, 2.24) is 0 Å². The molecule has 0 radical (unpaired) electrons. The lowest BCUT2D eigenvalue weighted by Gasteiger charge is -2.10. The molecule has 0 amide bonds. The van der Waals surface area contributed by atoms with E-state index >= 15 is 0 Å². The first-order valence-electron chi connectivity index (χ1n) is 5.86. The third kappa shape index (κ3) is 3.06. The summed E-state index contributed by atoms with van der Waals surface area (Å²) in [5.74, 6) is 0.0909. The van der Waals surface area contributed by atoms with Gasteiger partial charge >= 0.3 is 0 Å². The number of hydrogen-bond donors (Lipinski definition) is 2. The Morgan fingerprint density at radius 3 is 2.53 bits per heavy atom. The van der Waals surface area contributed by atoms with Gasteiger partial charge in [0, 0.05) is 17.0 Å². The summed E-state index contributed by atoms with van der Waals surface area (Å²) in [5, 5.41) is 23.0. The molecule has 3 nitrogen and oxygen atoms in total. The number of phenolic OH excluding ortho intramolecular Hbond substituents is 1. The Balaban J connectivity index is 2.39. The van der Waals surface area contributed by atoms with Crippen molar-refractivity contribution < 1.29 is 10.3 Å². The van der Waals surface area contributed by atoms with Crippen molar-refractivity contribution in [3.8, 4) is 5.75 Å². The van der Waals surface area contributed by atoms with Crippen LogP contribution in [0.15, 0.2) is 47.6 Å². The van der Waals surface area contributed by atoms with Gasteiger partial charge < -0.3 is 10.3 Å². The maximum atomic E-state index is 10.1. The van der Waals surface area contributed by atoms with Crippen molar-refractivity contribution in [2.24, 2.45) is 5.16 Å². The van der Waals surface area contributed by atoms with Crippen LogP contribution < -0.4 is 0 Å². The topological polar surface area (TPSA) is 52.8 Å². The van der Waals surface area contributed by atoms with Crippen LogP contribution in [-0.2, 0) is 6.42 Å². The van der Waals surface area contributed by atoms with Crippen molar-refractivity contribution in [2.75, 3.05) is 0 Å². The van der Waals surface area contributed by atoms with Crippen LogP contribution in [-0.4, -0.2) is 16.0 Å². The van der Waals surface area contributed by atoms with Crippen molar-refractivity contribution in [3.63, 3.8) is 0 Å². The van der Waals surface area contributed by atoms with E-state index in [2.05, 4.69) is 5.16 Å². The summed E-state index contributed by atoms with van der Waals surface area (Å²) in [6.07, 6.45) is 0.421. The Morgan fingerprint density at radius 2 is 1.89 bits per heavy atom. The highest BCUT2D eigenvalue weighted by Crippen LogP contribution is 2.28. The first kappa shape index (κ1) is 13.4. The highest BCUT2D eigenvalue weighted by atomic mass is 35.5. The third-order valence-electron chi connectivity index (χ3n) is 2.91. The van der Waals surface area contributed by atoms with Gasteiger partial charge in [-0.15, -0.1) is 0 Å². The van der Waals surface area contributed by atoms with E-state index in [4.69, 9.17) is 11.6 Å². The lowest BCUT2D eigenvalue weighted by molar-refractivity contribution is 0.318. The normalized spacial score (nSPS) is 11.6. The maximum absolute atomic E-state index is 10.1. The van der Waals surface area contributed by atoms with Gasteiger partial charge in [0.15, 0.2) is 0 Å². The summed E-state index contributed by atoms with van der Waals surface area (Å²) in [4.78, 5) is 0. The molecule has 0 fully saturated rings. The van der Waals surface area contributed by atoms with Gasteiger partial charge in [0.25, 0.3) is 0 Å². The number of aryl methyl sites for hydroxylation is 1. The van der Waals surface area contributed by atoms with Gasteiger partial charge in [-0.3, -0.25) is 0 Å². The molecule has 98 valence electrons. The molecule has 0 aliphatic rings. The average molecular weight is 276 g/mol. The molecule has 2 aromatic carbocycles. The van der Waals surface area contributed by atoms with E-state index in [0.717, 1.165) is 5.56 Å². The molecule has 2 aromatic rings. The Bertz CT molecular complexity index is 609. The molecule has 0 spiro atoms. The lowest BCUT2D eigenvalue weighted by atomic mass is 9.99. The minimum atomic E-state index is 0.0909. The van der Waals surface area contributed by atoms with Gasteiger partial charge in [-0.2, -0.15) is 0 Å². The maximum Gasteiger partial charge on any atom is 0.127 e. The van der Waals surface area contributed by atoms with Crippen molar-refractivity contribution in [3.05, 3.63) is 64.2 Å². The summed E-state index contributed by atoms with van der Waals surface area (Å²) in [6, 6.07) is 12.9. The van der Waals surface area contributed by atoms with Crippen molar-refractivity contribution in [2.45, 2.75) is 13.3 Å². The molecule has 4 heteroatoms. The monoisotopic (exact) mass is 275 g/mol. The molecule has 0 aromatic heterocycles. The number of nitrogens with zero attached hydrogens (tertiary/aromatic N) is 1. The van der Waals surface area contributed by atoms with Gasteiger partial charge in [0.05, 0.1) is 5.71 Å². The molecule has 19 heavy (non-hydrogen) atoms. The quantitative estimate of drug-likeness (QED) is 0.509. The highest BCUT2D eigenvalue weighted by molar-refractivity contribution is 6.31. The predicted molar refractivity (Wildman–Crippen MR) is 76.3 cm³/mol. The van der Waals surface area contributed by atoms with Gasteiger partial charge in [0.1, 0.15) is 5.75 Å². The molecule has 0 bridgehead atoms. The van der Waals surface area contributed by atoms with Crippen LogP contribution in [0, 0.1) is 6.92 Å². The second kappa shape index (κ2) is 5.76. The van der Waals surface area contributed by atoms with Crippen LogP contribution in [0.3, 0.4) is 0 Å². The molecule has 0 atom stereocenters. The van der Waals surface area contributed by atoms with E-state index in [9.17, 15) is 10.3 Å².